The number of halogens is 2. The van der Waals surface area contributed by atoms with Crippen LogP contribution >= 0.6 is 27.5 Å². The monoisotopic (exact) mass is 341 g/mol. The van der Waals surface area contributed by atoms with Crippen molar-refractivity contribution in [2.45, 2.75) is 6.61 Å². The Morgan fingerprint density at radius 3 is 2.89 bits per heavy atom. The molecule has 19 heavy (non-hydrogen) atoms. The molecule has 0 bridgehead atoms. The van der Waals surface area contributed by atoms with Crippen molar-refractivity contribution in [1.29, 1.82) is 0 Å². The van der Waals surface area contributed by atoms with E-state index in [0.29, 0.717) is 15.2 Å². The molecule has 2 aromatic rings. The molecule has 0 aliphatic rings. The summed E-state index contributed by atoms with van der Waals surface area (Å²) in [5.41, 5.74) is 0.948. The number of benzene rings is 1. The second-order valence-electron chi connectivity index (χ2n) is 3.71. The molecule has 1 aromatic carbocycles. The Morgan fingerprint density at radius 2 is 2.21 bits per heavy atom. The molecule has 6 heteroatoms. The number of carboxylic acids is 1. The summed E-state index contributed by atoms with van der Waals surface area (Å²) in [6.45, 7) is 0.239. The molecule has 4 nitrogen and oxygen atoms in total. The van der Waals surface area contributed by atoms with Crippen molar-refractivity contribution in [2.24, 2.45) is 0 Å². The van der Waals surface area contributed by atoms with E-state index in [2.05, 4.69) is 20.9 Å². The fourth-order valence-corrected chi connectivity index (χ4v) is 1.96. The van der Waals surface area contributed by atoms with Gasteiger partial charge in [0.05, 0.1) is 15.1 Å². The Kier molecular flexibility index (Phi) is 4.39. The predicted molar refractivity (Wildman–Crippen MR) is 74.7 cm³/mol. The number of rotatable bonds is 4. The van der Waals surface area contributed by atoms with Gasteiger partial charge < -0.3 is 9.84 Å². The minimum absolute atomic E-state index is 0.166. The third-order valence-corrected chi connectivity index (χ3v) is 3.41. The van der Waals surface area contributed by atoms with Gasteiger partial charge in [0, 0.05) is 18.0 Å². The highest BCUT2D eigenvalue weighted by molar-refractivity contribution is 9.10. The van der Waals surface area contributed by atoms with Gasteiger partial charge in [0.2, 0.25) is 0 Å². The Balaban J connectivity index is 2.17. The summed E-state index contributed by atoms with van der Waals surface area (Å²) in [5, 5.41) is 9.44. The van der Waals surface area contributed by atoms with Crippen molar-refractivity contribution in [1.82, 2.24) is 4.98 Å². The maximum atomic E-state index is 10.9. The molecule has 1 aromatic heterocycles. The van der Waals surface area contributed by atoms with Crippen LogP contribution in [0.15, 0.2) is 41.1 Å². The molecule has 0 saturated carbocycles. The number of aromatic nitrogens is 1. The largest absolute Gasteiger partial charge is 0.488 e. The first-order valence-corrected chi connectivity index (χ1v) is 6.49. The maximum Gasteiger partial charge on any atom is 0.335 e. The summed E-state index contributed by atoms with van der Waals surface area (Å²) in [7, 11) is 0. The third-order valence-electron chi connectivity index (χ3n) is 2.42. The molecule has 0 radical (unpaired) electrons. The standard InChI is InChI=1S/C13H9BrClNO3/c14-10-2-1-8(13(17)18)5-12(10)19-7-9-3-4-16-6-11(9)15/h1-6H,7H2,(H,17,18). The molecule has 0 aliphatic heterocycles. The van der Waals surface area contributed by atoms with Gasteiger partial charge >= 0.3 is 5.97 Å². The van der Waals surface area contributed by atoms with Crippen LogP contribution in [-0.2, 0) is 6.61 Å². The molecule has 0 amide bonds. The molecular formula is C13H9BrClNO3. The molecular weight excluding hydrogens is 334 g/mol. The number of carboxylic acid groups (broad SMARTS) is 1. The molecule has 0 atom stereocenters. The van der Waals surface area contributed by atoms with Gasteiger partial charge in [-0.3, -0.25) is 4.98 Å². The maximum absolute atomic E-state index is 10.9. The number of aromatic carboxylic acids is 1. The molecule has 1 N–H and O–H groups in total. The van der Waals surface area contributed by atoms with E-state index in [-0.39, 0.29) is 12.2 Å². The Hall–Kier alpha value is -1.59. The fourth-order valence-electron chi connectivity index (χ4n) is 1.42. The van der Waals surface area contributed by atoms with Crippen molar-refractivity contribution in [3.05, 3.63) is 57.3 Å². The normalized spacial score (nSPS) is 10.2. The third kappa shape index (κ3) is 3.45. The highest BCUT2D eigenvalue weighted by atomic mass is 79.9. The van der Waals surface area contributed by atoms with E-state index in [1.807, 2.05) is 0 Å². The number of hydrogen-bond donors (Lipinski definition) is 1. The van der Waals surface area contributed by atoms with Crippen LogP contribution < -0.4 is 4.74 Å². The number of pyridine rings is 1. The zero-order chi connectivity index (χ0) is 13.8. The summed E-state index contributed by atoms with van der Waals surface area (Å²) in [4.78, 5) is 14.8. The van der Waals surface area contributed by atoms with Crippen molar-refractivity contribution in [3.63, 3.8) is 0 Å². The van der Waals surface area contributed by atoms with Gasteiger partial charge in [0.25, 0.3) is 0 Å². The van der Waals surface area contributed by atoms with Gasteiger partial charge in [-0.15, -0.1) is 0 Å². The summed E-state index contributed by atoms with van der Waals surface area (Å²) in [5.74, 6) is -0.549. The highest BCUT2D eigenvalue weighted by Gasteiger charge is 2.09. The van der Waals surface area contributed by atoms with Gasteiger partial charge in [-0.05, 0) is 40.2 Å². The number of nitrogens with zero attached hydrogens (tertiary/aromatic N) is 1. The van der Waals surface area contributed by atoms with Crippen LogP contribution in [-0.4, -0.2) is 16.1 Å². The van der Waals surface area contributed by atoms with Crippen LogP contribution in [0.4, 0.5) is 0 Å². The number of hydrogen-bond acceptors (Lipinski definition) is 3. The molecule has 2 rings (SSSR count). The van der Waals surface area contributed by atoms with Crippen LogP contribution in [0.25, 0.3) is 0 Å². The van der Waals surface area contributed by atoms with Gasteiger partial charge in [-0.25, -0.2) is 4.79 Å². The zero-order valence-electron chi connectivity index (χ0n) is 9.64. The van der Waals surface area contributed by atoms with Crippen LogP contribution in [0, 0.1) is 0 Å². The molecule has 0 aliphatic carbocycles. The van der Waals surface area contributed by atoms with E-state index < -0.39 is 5.97 Å². The first-order valence-electron chi connectivity index (χ1n) is 5.32. The zero-order valence-corrected chi connectivity index (χ0v) is 12.0. The van der Waals surface area contributed by atoms with E-state index in [4.69, 9.17) is 21.4 Å². The Bertz CT molecular complexity index is 619. The topological polar surface area (TPSA) is 59.4 Å². The van der Waals surface area contributed by atoms with Crippen LogP contribution in [0.3, 0.4) is 0 Å². The SMILES string of the molecule is O=C(O)c1ccc(Br)c(OCc2ccncc2Cl)c1. The molecule has 0 fully saturated rings. The van der Waals surface area contributed by atoms with Crippen LogP contribution in [0.1, 0.15) is 15.9 Å². The van der Waals surface area contributed by atoms with Crippen LogP contribution in [0.5, 0.6) is 5.75 Å². The van der Waals surface area contributed by atoms with E-state index in [0.717, 1.165) is 5.56 Å². The fraction of sp³-hybridized carbons (Fsp3) is 0.0769. The summed E-state index contributed by atoms with van der Waals surface area (Å²) >= 11 is 9.27. The van der Waals surface area contributed by atoms with E-state index in [1.165, 1.54) is 18.3 Å². The van der Waals surface area contributed by atoms with Gasteiger partial charge in [0.15, 0.2) is 0 Å². The Labute approximate surface area is 123 Å². The lowest BCUT2D eigenvalue weighted by Crippen LogP contribution is -2.00. The molecule has 0 unspecified atom stereocenters. The summed E-state index contributed by atoms with van der Waals surface area (Å²) in [6.07, 6.45) is 3.15. The minimum Gasteiger partial charge on any atom is -0.488 e. The summed E-state index contributed by atoms with van der Waals surface area (Å²) < 4.78 is 6.26. The smallest absolute Gasteiger partial charge is 0.335 e. The van der Waals surface area contributed by atoms with Gasteiger partial charge in [-0.1, -0.05) is 11.6 Å². The summed E-state index contributed by atoms with van der Waals surface area (Å²) in [6, 6.07) is 6.34. The van der Waals surface area contributed by atoms with E-state index >= 15 is 0 Å². The van der Waals surface area contributed by atoms with E-state index in [9.17, 15) is 4.79 Å². The predicted octanol–water partition coefficient (Wildman–Crippen LogP) is 3.77. The van der Waals surface area contributed by atoms with Crippen molar-refractivity contribution >= 4 is 33.5 Å². The lowest BCUT2D eigenvalue weighted by molar-refractivity contribution is 0.0696. The van der Waals surface area contributed by atoms with Crippen molar-refractivity contribution < 1.29 is 14.6 Å². The lowest BCUT2D eigenvalue weighted by Gasteiger charge is -2.09. The van der Waals surface area contributed by atoms with Gasteiger partial charge in [0.1, 0.15) is 12.4 Å². The average Bonchev–Trinajstić information content (AvgIpc) is 2.39. The number of carbonyl (C=O) groups is 1. The van der Waals surface area contributed by atoms with E-state index in [1.54, 1.807) is 18.3 Å². The Morgan fingerprint density at radius 1 is 1.42 bits per heavy atom. The van der Waals surface area contributed by atoms with Crippen LogP contribution in [0.2, 0.25) is 5.02 Å². The molecule has 98 valence electrons. The first-order chi connectivity index (χ1) is 9.08. The minimum atomic E-state index is -1.00. The molecule has 1 heterocycles. The molecule has 0 saturated heterocycles. The number of ether oxygens (including phenoxy) is 1. The highest BCUT2D eigenvalue weighted by Crippen LogP contribution is 2.27. The molecule has 0 spiro atoms. The van der Waals surface area contributed by atoms with Crippen molar-refractivity contribution in [2.75, 3.05) is 0 Å². The average molecular weight is 343 g/mol. The second kappa shape index (κ2) is 6.04. The van der Waals surface area contributed by atoms with Crippen molar-refractivity contribution in [3.8, 4) is 5.75 Å². The quantitative estimate of drug-likeness (QED) is 0.918. The lowest BCUT2D eigenvalue weighted by atomic mass is 10.2. The van der Waals surface area contributed by atoms with Gasteiger partial charge in [-0.2, -0.15) is 0 Å². The first kappa shape index (κ1) is 13.8. The second-order valence-corrected chi connectivity index (χ2v) is 4.97.